The van der Waals surface area contributed by atoms with E-state index in [0.717, 1.165) is 31.2 Å². The van der Waals surface area contributed by atoms with Crippen molar-refractivity contribution in [2.75, 3.05) is 23.1 Å². The fourth-order valence-electron chi connectivity index (χ4n) is 1.83. The Labute approximate surface area is 150 Å². The zero-order valence-electron chi connectivity index (χ0n) is 12.4. The monoisotopic (exact) mass is 440 g/mol. The molecule has 1 aromatic heterocycles. The summed E-state index contributed by atoms with van der Waals surface area (Å²) in [5.41, 5.74) is 5.83. The number of nitrogens with zero attached hydrogens (tertiary/aromatic N) is 1. The standard InChI is InChI=1S/C13H15BrF2N4O2S2/c14-8-5-11(9(15)6-10(8)18-4-2-1-3-17)24(21,22)20-13-19-7-12(16)23-13/h5-7,18H,1-4,17H2,(H,19,20). The summed E-state index contributed by atoms with van der Waals surface area (Å²) in [6.45, 7) is 1.15. The van der Waals surface area contributed by atoms with Gasteiger partial charge in [0.15, 0.2) is 10.3 Å². The molecule has 0 fully saturated rings. The number of anilines is 2. The van der Waals surface area contributed by atoms with Crippen molar-refractivity contribution in [2.45, 2.75) is 17.7 Å². The Morgan fingerprint density at radius 2 is 2.04 bits per heavy atom. The van der Waals surface area contributed by atoms with E-state index in [4.69, 9.17) is 5.73 Å². The number of unbranched alkanes of at least 4 members (excludes halogenated alkanes) is 1. The molecule has 0 aliphatic carbocycles. The maximum atomic E-state index is 14.2. The molecular weight excluding hydrogens is 426 g/mol. The zero-order chi connectivity index (χ0) is 17.7. The van der Waals surface area contributed by atoms with Gasteiger partial charge in [-0.25, -0.2) is 17.8 Å². The largest absolute Gasteiger partial charge is 0.384 e. The lowest BCUT2D eigenvalue weighted by atomic mass is 10.2. The van der Waals surface area contributed by atoms with Crippen LogP contribution in [0.1, 0.15) is 12.8 Å². The molecule has 24 heavy (non-hydrogen) atoms. The molecular formula is C13H15BrF2N4O2S2. The highest BCUT2D eigenvalue weighted by Crippen LogP contribution is 2.30. The summed E-state index contributed by atoms with van der Waals surface area (Å²) in [4.78, 5) is 2.99. The smallest absolute Gasteiger partial charge is 0.266 e. The van der Waals surface area contributed by atoms with Gasteiger partial charge in [0.05, 0.1) is 11.9 Å². The van der Waals surface area contributed by atoms with E-state index < -0.39 is 25.9 Å². The fourth-order valence-corrected chi connectivity index (χ4v) is 4.34. The van der Waals surface area contributed by atoms with Crippen LogP contribution < -0.4 is 15.8 Å². The van der Waals surface area contributed by atoms with Crippen LogP contribution in [0.4, 0.5) is 19.6 Å². The number of nitrogens with one attached hydrogen (secondary N) is 2. The number of nitrogens with two attached hydrogens (primary N) is 1. The first-order chi connectivity index (χ1) is 11.3. The maximum Gasteiger partial charge on any atom is 0.266 e. The molecule has 0 aliphatic rings. The molecule has 4 N–H and O–H groups in total. The number of rotatable bonds is 8. The van der Waals surface area contributed by atoms with Gasteiger partial charge in [-0.15, -0.1) is 0 Å². The first kappa shape index (κ1) is 19.0. The first-order valence-electron chi connectivity index (χ1n) is 6.90. The number of thiazole rings is 1. The molecule has 0 aliphatic heterocycles. The lowest BCUT2D eigenvalue weighted by Gasteiger charge is -2.12. The summed E-state index contributed by atoms with van der Waals surface area (Å²) in [6.07, 6.45) is 2.51. The van der Waals surface area contributed by atoms with E-state index in [9.17, 15) is 17.2 Å². The van der Waals surface area contributed by atoms with Crippen LogP contribution in [0.25, 0.3) is 0 Å². The number of sulfonamides is 1. The van der Waals surface area contributed by atoms with Crippen molar-refractivity contribution < 1.29 is 17.2 Å². The van der Waals surface area contributed by atoms with Crippen LogP contribution in [0.15, 0.2) is 27.7 Å². The summed E-state index contributed by atoms with van der Waals surface area (Å²) in [7, 11) is -4.22. The molecule has 1 aromatic carbocycles. The van der Waals surface area contributed by atoms with E-state index in [2.05, 4.69) is 26.2 Å². The van der Waals surface area contributed by atoms with Crippen LogP contribution in [0, 0.1) is 10.9 Å². The quantitative estimate of drug-likeness (QED) is 0.547. The van der Waals surface area contributed by atoms with Crippen LogP contribution in [-0.4, -0.2) is 26.5 Å². The molecule has 6 nitrogen and oxygen atoms in total. The SMILES string of the molecule is NCCCCNc1cc(F)c(S(=O)(=O)Nc2ncc(F)s2)cc1Br. The minimum absolute atomic E-state index is 0.174. The van der Waals surface area contributed by atoms with E-state index in [-0.39, 0.29) is 5.13 Å². The minimum Gasteiger partial charge on any atom is -0.384 e. The second kappa shape index (κ2) is 8.19. The number of benzene rings is 1. The minimum atomic E-state index is -4.22. The van der Waals surface area contributed by atoms with Crippen LogP contribution >= 0.6 is 27.3 Å². The third kappa shape index (κ3) is 4.85. The second-order valence-corrected chi connectivity index (χ2v) is 8.25. The van der Waals surface area contributed by atoms with Crippen molar-refractivity contribution >= 4 is 48.1 Å². The van der Waals surface area contributed by atoms with E-state index in [1.165, 1.54) is 0 Å². The van der Waals surface area contributed by atoms with Gasteiger partial charge in [-0.2, -0.15) is 4.39 Å². The predicted molar refractivity (Wildman–Crippen MR) is 93.8 cm³/mol. The van der Waals surface area contributed by atoms with Gasteiger partial charge in [-0.1, -0.05) is 11.3 Å². The third-order valence-electron chi connectivity index (χ3n) is 2.96. The van der Waals surface area contributed by atoms with E-state index in [1.54, 1.807) is 0 Å². The lowest BCUT2D eigenvalue weighted by molar-refractivity contribution is 0.570. The Kier molecular flexibility index (Phi) is 6.49. The maximum absolute atomic E-state index is 14.2. The topological polar surface area (TPSA) is 97.1 Å². The lowest BCUT2D eigenvalue weighted by Crippen LogP contribution is -2.15. The van der Waals surface area contributed by atoms with Gasteiger partial charge in [0.2, 0.25) is 0 Å². The highest BCUT2D eigenvalue weighted by atomic mass is 79.9. The molecule has 2 rings (SSSR count). The van der Waals surface area contributed by atoms with Crippen LogP contribution in [0.5, 0.6) is 0 Å². The number of aromatic nitrogens is 1. The van der Waals surface area contributed by atoms with Gasteiger partial charge in [0.25, 0.3) is 10.0 Å². The van der Waals surface area contributed by atoms with Crippen molar-refractivity contribution in [3.8, 4) is 0 Å². The van der Waals surface area contributed by atoms with Crippen LogP contribution in [0.3, 0.4) is 0 Å². The Hall–Kier alpha value is -1.30. The second-order valence-electron chi connectivity index (χ2n) is 4.76. The van der Waals surface area contributed by atoms with Crippen molar-refractivity contribution in [3.05, 3.63) is 33.8 Å². The zero-order valence-corrected chi connectivity index (χ0v) is 15.6. The molecule has 0 bridgehead atoms. The molecule has 2 aromatic rings. The summed E-state index contributed by atoms with van der Waals surface area (Å²) < 4.78 is 54.0. The van der Waals surface area contributed by atoms with Gasteiger partial charge in [0, 0.05) is 11.0 Å². The normalized spacial score (nSPS) is 11.5. The molecule has 0 unspecified atom stereocenters. The molecule has 0 saturated carbocycles. The number of hydrogen-bond donors (Lipinski definition) is 3. The van der Waals surface area contributed by atoms with Gasteiger partial charge < -0.3 is 11.1 Å². The number of hydrogen-bond acceptors (Lipinski definition) is 6. The molecule has 11 heteroatoms. The molecule has 0 saturated heterocycles. The predicted octanol–water partition coefficient (Wildman–Crippen LogP) is 3.14. The Bertz CT molecular complexity index is 814. The summed E-state index contributed by atoms with van der Waals surface area (Å²) in [6, 6.07) is 2.23. The molecule has 0 spiro atoms. The molecule has 1 heterocycles. The van der Waals surface area contributed by atoms with E-state index in [0.29, 0.717) is 34.6 Å². The summed E-state index contributed by atoms with van der Waals surface area (Å²) in [5, 5.41) is 2.18. The first-order valence-corrected chi connectivity index (χ1v) is 10.00. The Balaban J connectivity index is 2.19. The molecule has 0 atom stereocenters. The molecule has 0 amide bonds. The fraction of sp³-hybridized carbons (Fsp3) is 0.308. The molecule has 0 radical (unpaired) electrons. The van der Waals surface area contributed by atoms with Crippen molar-refractivity contribution in [2.24, 2.45) is 5.73 Å². The van der Waals surface area contributed by atoms with Crippen molar-refractivity contribution in [1.29, 1.82) is 0 Å². The Morgan fingerprint density at radius 3 is 2.67 bits per heavy atom. The van der Waals surface area contributed by atoms with Crippen LogP contribution in [-0.2, 0) is 10.0 Å². The number of halogens is 3. The molecule has 132 valence electrons. The average Bonchev–Trinajstić information content (AvgIpc) is 2.90. The average molecular weight is 441 g/mol. The van der Waals surface area contributed by atoms with Crippen molar-refractivity contribution in [3.63, 3.8) is 0 Å². The van der Waals surface area contributed by atoms with Crippen molar-refractivity contribution in [1.82, 2.24) is 4.98 Å². The van der Waals surface area contributed by atoms with Gasteiger partial charge in [0.1, 0.15) is 10.7 Å². The van der Waals surface area contributed by atoms with Gasteiger partial charge >= 0.3 is 0 Å². The Morgan fingerprint density at radius 1 is 1.29 bits per heavy atom. The summed E-state index contributed by atoms with van der Waals surface area (Å²) >= 11 is 3.73. The summed E-state index contributed by atoms with van der Waals surface area (Å²) in [5.74, 6) is -0.927. The van der Waals surface area contributed by atoms with Gasteiger partial charge in [-0.05, 0) is 47.4 Å². The third-order valence-corrected chi connectivity index (χ3v) is 5.80. The van der Waals surface area contributed by atoms with Gasteiger partial charge in [-0.3, -0.25) is 4.72 Å². The van der Waals surface area contributed by atoms with E-state index in [1.807, 2.05) is 4.72 Å². The highest BCUT2D eigenvalue weighted by molar-refractivity contribution is 9.10. The van der Waals surface area contributed by atoms with Crippen LogP contribution in [0.2, 0.25) is 0 Å². The highest BCUT2D eigenvalue weighted by Gasteiger charge is 2.22. The van der Waals surface area contributed by atoms with E-state index >= 15 is 0 Å².